The summed E-state index contributed by atoms with van der Waals surface area (Å²) in [7, 11) is 2.15. The van der Waals surface area contributed by atoms with Gasteiger partial charge in [-0.1, -0.05) is 145 Å². The van der Waals surface area contributed by atoms with Crippen LogP contribution < -0.4 is 5.32 Å². The van der Waals surface area contributed by atoms with E-state index in [-0.39, 0.29) is 5.92 Å². The second kappa shape index (κ2) is 17.8. The van der Waals surface area contributed by atoms with Gasteiger partial charge in [-0.05, 0) is 60.0 Å². The van der Waals surface area contributed by atoms with Crippen molar-refractivity contribution < 1.29 is 4.79 Å². The zero-order chi connectivity index (χ0) is 32.1. The molecule has 0 aliphatic carbocycles. The fourth-order valence-corrected chi connectivity index (χ4v) is 7.75. The second-order valence-corrected chi connectivity index (χ2v) is 14.5. The molecule has 246 valence electrons. The minimum atomic E-state index is -0.0705. The zero-order valence-electron chi connectivity index (χ0n) is 28.4. The van der Waals surface area contributed by atoms with E-state index in [0.29, 0.717) is 5.91 Å². The average molecular weight is 638 g/mol. The van der Waals surface area contributed by atoms with Gasteiger partial charge < -0.3 is 15.1 Å². The van der Waals surface area contributed by atoms with Gasteiger partial charge in [0, 0.05) is 36.0 Å². The Balaban J connectivity index is 1.17. The van der Waals surface area contributed by atoms with Crippen LogP contribution in [-0.2, 0) is 4.79 Å². The molecule has 0 saturated carbocycles. The number of para-hydroxylation sites is 1. The molecular weight excluding hydrogens is 583 g/mol. The number of hydrogen-bond acceptors (Lipinski definition) is 4. The lowest BCUT2D eigenvalue weighted by atomic mass is 9.89. The number of benzene rings is 3. The summed E-state index contributed by atoms with van der Waals surface area (Å²) in [6.45, 7) is 10.3. The van der Waals surface area contributed by atoms with E-state index in [1.165, 1.54) is 80.4 Å². The van der Waals surface area contributed by atoms with Crippen LogP contribution in [0.3, 0.4) is 0 Å². The van der Waals surface area contributed by atoms with Gasteiger partial charge in [0.05, 0.1) is 17.3 Å². The molecule has 5 heteroatoms. The average Bonchev–Trinajstić information content (AvgIpc) is 3.09. The van der Waals surface area contributed by atoms with Crippen molar-refractivity contribution in [2.75, 3.05) is 38.5 Å². The number of piperazine rings is 1. The van der Waals surface area contributed by atoms with E-state index in [4.69, 9.17) is 0 Å². The summed E-state index contributed by atoms with van der Waals surface area (Å²) in [6.07, 6.45) is 16.9. The lowest BCUT2D eigenvalue weighted by Gasteiger charge is -2.35. The normalized spacial score (nSPS) is 15.1. The van der Waals surface area contributed by atoms with Gasteiger partial charge in [0.15, 0.2) is 0 Å². The number of anilines is 2. The molecule has 1 atom stereocenters. The molecule has 1 unspecified atom stereocenters. The van der Waals surface area contributed by atoms with E-state index in [1.54, 1.807) is 11.8 Å². The van der Waals surface area contributed by atoms with Crippen molar-refractivity contribution >= 4 is 34.6 Å². The van der Waals surface area contributed by atoms with E-state index in [9.17, 15) is 4.79 Å². The van der Waals surface area contributed by atoms with Crippen molar-refractivity contribution in [2.24, 2.45) is 0 Å². The summed E-state index contributed by atoms with van der Waals surface area (Å²) in [5.74, 6) is 0.236. The number of rotatable bonds is 17. The molecule has 0 aromatic heterocycles. The Morgan fingerprint density at radius 1 is 0.739 bits per heavy atom. The molecule has 46 heavy (non-hydrogen) atoms. The number of likely N-dealkylation sites (N-methyl/N-ethyl adjacent to an activating group) is 1. The van der Waals surface area contributed by atoms with Gasteiger partial charge in [0.2, 0.25) is 5.91 Å². The molecule has 2 heterocycles. The maximum Gasteiger partial charge on any atom is 0.230 e. The van der Waals surface area contributed by atoms with E-state index >= 15 is 0 Å². The highest BCUT2D eigenvalue weighted by Gasteiger charge is 2.28. The third-order valence-electron chi connectivity index (χ3n) is 9.83. The molecule has 5 rings (SSSR count). The fraction of sp³-hybridized carbons (Fsp3) is 0.488. The van der Waals surface area contributed by atoms with Crippen LogP contribution >= 0.6 is 11.8 Å². The summed E-state index contributed by atoms with van der Waals surface area (Å²) in [6, 6.07) is 23.7. The van der Waals surface area contributed by atoms with Crippen LogP contribution in [0.5, 0.6) is 0 Å². The van der Waals surface area contributed by atoms with Crippen LogP contribution in [0.2, 0.25) is 0 Å². The van der Waals surface area contributed by atoms with Crippen molar-refractivity contribution in [2.45, 2.75) is 106 Å². The van der Waals surface area contributed by atoms with Crippen molar-refractivity contribution in [3.05, 3.63) is 90.0 Å². The molecule has 3 aromatic carbocycles. The Kier molecular flexibility index (Phi) is 13.3. The van der Waals surface area contributed by atoms with Crippen molar-refractivity contribution in [1.82, 2.24) is 9.80 Å². The Labute approximate surface area is 283 Å². The maximum atomic E-state index is 13.9. The van der Waals surface area contributed by atoms with Gasteiger partial charge in [0.25, 0.3) is 0 Å². The number of carbonyl (C=O) groups is 1. The molecule has 3 aromatic rings. The lowest BCUT2D eigenvalue weighted by molar-refractivity contribution is -0.134. The van der Waals surface area contributed by atoms with Gasteiger partial charge in [0.1, 0.15) is 0 Å². The van der Waals surface area contributed by atoms with Crippen LogP contribution in [0.15, 0.2) is 83.1 Å². The topological polar surface area (TPSA) is 35.6 Å². The first-order chi connectivity index (χ1) is 22.5. The zero-order valence-corrected chi connectivity index (χ0v) is 29.2. The van der Waals surface area contributed by atoms with Crippen LogP contribution in [0, 0.1) is 0 Å². The molecule has 0 bridgehead atoms. The van der Waals surface area contributed by atoms with E-state index in [2.05, 4.69) is 102 Å². The number of unbranched alkanes of at least 4 members (excludes halogenated alkanes) is 11. The Hall–Kier alpha value is -3.02. The molecule has 1 fully saturated rings. The van der Waals surface area contributed by atoms with Crippen molar-refractivity contribution in [1.29, 1.82) is 0 Å². The summed E-state index contributed by atoms with van der Waals surface area (Å²) in [4.78, 5) is 20.8. The fourth-order valence-electron chi connectivity index (χ4n) is 6.78. The largest absolute Gasteiger partial charge is 0.354 e. The van der Waals surface area contributed by atoms with Gasteiger partial charge >= 0.3 is 0 Å². The molecule has 0 radical (unpaired) electrons. The Bertz CT molecular complexity index is 1410. The molecule has 1 saturated heterocycles. The molecule has 0 spiro atoms. The second-order valence-electron chi connectivity index (χ2n) is 13.4. The van der Waals surface area contributed by atoms with Gasteiger partial charge in [-0.15, -0.1) is 0 Å². The highest BCUT2D eigenvalue weighted by molar-refractivity contribution is 7.99. The quantitative estimate of drug-likeness (QED) is 0.117. The molecule has 1 N–H and O–H groups in total. The number of nitrogens with one attached hydrogen (secondary N) is 1. The summed E-state index contributed by atoms with van der Waals surface area (Å²) in [5, 5.41) is 3.60. The minimum Gasteiger partial charge on any atom is -0.354 e. The van der Waals surface area contributed by atoms with Gasteiger partial charge in [-0.3, -0.25) is 4.79 Å². The maximum absolute atomic E-state index is 13.9. The first kappa shape index (κ1) is 34.3. The van der Waals surface area contributed by atoms with Crippen LogP contribution in [-0.4, -0.2) is 48.9 Å². The monoisotopic (exact) mass is 637 g/mol. The first-order valence-electron chi connectivity index (χ1n) is 18.0. The predicted octanol–water partition coefficient (Wildman–Crippen LogP) is 10.9. The Morgan fingerprint density at radius 3 is 2.00 bits per heavy atom. The van der Waals surface area contributed by atoms with Crippen LogP contribution in [0.4, 0.5) is 11.4 Å². The lowest BCUT2D eigenvalue weighted by Crippen LogP contribution is -2.48. The molecule has 4 nitrogen and oxygen atoms in total. The summed E-state index contributed by atoms with van der Waals surface area (Å²) >= 11 is 1.80. The molecule has 1 amide bonds. The van der Waals surface area contributed by atoms with E-state index < -0.39 is 0 Å². The first-order valence-corrected chi connectivity index (χ1v) is 18.8. The minimum absolute atomic E-state index is 0.0705. The smallest absolute Gasteiger partial charge is 0.230 e. The van der Waals surface area contributed by atoms with Crippen molar-refractivity contribution in [3.8, 4) is 0 Å². The van der Waals surface area contributed by atoms with Gasteiger partial charge in [-0.25, -0.2) is 0 Å². The third kappa shape index (κ3) is 9.51. The van der Waals surface area contributed by atoms with E-state index in [0.717, 1.165) is 72.7 Å². The number of nitrogens with zero attached hydrogens (tertiary/aromatic N) is 2. The van der Waals surface area contributed by atoms with Crippen LogP contribution in [0.25, 0.3) is 5.57 Å². The number of amides is 1. The summed E-state index contributed by atoms with van der Waals surface area (Å²) in [5.41, 5.74) is 6.63. The number of hydrogen-bond donors (Lipinski definition) is 1. The standard InChI is InChI=1S/C41H55N3OS/c1-4-5-6-7-8-9-10-11-12-13-14-15-18-36(41(45)44-29-27-43(3)28-30-44)34-23-21-33(22-24-34)32(2)35-25-26-40-38(31-35)42-37-19-16-17-20-39(37)46-40/h16-17,19-26,31,36,42H,2,4-15,18,27-30H2,1,3H3. The van der Waals surface area contributed by atoms with E-state index in [1.807, 2.05) is 0 Å². The third-order valence-corrected chi connectivity index (χ3v) is 11.0. The number of fused-ring (bicyclic) bond motifs is 2. The highest BCUT2D eigenvalue weighted by Crippen LogP contribution is 2.45. The van der Waals surface area contributed by atoms with Gasteiger partial charge in [-0.2, -0.15) is 0 Å². The molecular formula is C41H55N3OS. The molecule has 2 aliphatic rings. The van der Waals surface area contributed by atoms with Crippen molar-refractivity contribution in [3.63, 3.8) is 0 Å². The summed E-state index contributed by atoms with van der Waals surface area (Å²) < 4.78 is 0. The molecule has 2 aliphatic heterocycles. The SMILES string of the molecule is C=C(c1ccc(C(CCCCCCCCCCCCCC)C(=O)N2CCN(C)CC2)cc1)c1ccc2c(c1)Nc1ccccc1S2. The Morgan fingerprint density at radius 2 is 1.33 bits per heavy atom. The van der Waals surface area contributed by atoms with Crippen LogP contribution in [0.1, 0.15) is 113 Å². The number of carbonyl (C=O) groups excluding carboxylic acids is 1. The highest BCUT2D eigenvalue weighted by atomic mass is 32.2. The predicted molar refractivity (Wildman–Crippen MR) is 197 cm³/mol.